The second-order valence-electron chi connectivity index (χ2n) is 5.39. The lowest BCUT2D eigenvalue weighted by Crippen LogP contribution is -2.43. The van der Waals surface area contributed by atoms with Crippen LogP contribution in [0.25, 0.3) is 0 Å². The van der Waals surface area contributed by atoms with Gasteiger partial charge in [-0.1, -0.05) is 30.3 Å². The summed E-state index contributed by atoms with van der Waals surface area (Å²) in [5.74, 6) is 0. The first kappa shape index (κ1) is 14.8. The lowest BCUT2D eigenvalue weighted by atomic mass is 9.75. The summed E-state index contributed by atoms with van der Waals surface area (Å²) in [6, 6.07) is 13.8. The Kier molecular flexibility index (Phi) is 4.31. The number of aromatic nitrogens is 1. The molecule has 0 amide bonds. The zero-order chi connectivity index (χ0) is 13.3. The Morgan fingerprint density at radius 2 is 1.90 bits per heavy atom. The molecule has 0 spiro atoms. The molecule has 0 saturated carbocycles. The lowest BCUT2D eigenvalue weighted by molar-refractivity contribution is 0.365. The van der Waals surface area contributed by atoms with Gasteiger partial charge in [-0.25, -0.2) is 0 Å². The third-order valence-corrected chi connectivity index (χ3v) is 3.95. The highest BCUT2D eigenvalue weighted by Crippen LogP contribution is 2.34. The molecular weight excluding hydrogens is 272 g/mol. The van der Waals surface area contributed by atoms with E-state index in [2.05, 4.69) is 17.1 Å². The largest absolute Gasteiger partial charge is 0.326 e. The van der Waals surface area contributed by atoms with E-state index < -0.39 is 0 Å². The first-order chi connectivity index (χ1) is 9.17. The van der Waals surface area contributed by atoms with E-state index in [-0.39, 0.29) is 23.5 Å². The van der Waals surface area contributed by atoms with Gasteiger partial charge in [-0.15, -0.1) is 12.4 Å². The van der Waals surface area contributed by atoms with Gasteiger partial charge in [-0.3, -0.25) is 4.79 Å². The number of H-pyrrole nitrogens is 1. The van der Waals surface area contributed by atoms with Crippen LogP contribution >= 0.6 is 12.4 Å². The van der Waals surface area contributed by atoms with E-state index in [0.717, 1.165) is 36.9 Å². The van der Waals surface area contributed by atoms with Crippen LogP contribution in [0.15, 0.2) is 47.3 Å². The summed E-state index contributed by atoms with van der Waals surface area (Å²) in [7, 11) is 0. The number of nitrogens with two attached hydrogens (primary N) is 1. The predicted octanol–water partition coefficient (Wildman–Crippen LogP) is 2.53. The van der Waals surface area contributed by atoms with E-state index in [1.54, 1.807) is 6.07 Å². The van der Waals surface area contributed by atoms with Crippen molar-refractivity contribution in [1.29, 1.82) is 0 Å². The summed E-state index contributed by atoms with van der Waals surface area (Å²) in [4.78, 5) is 14.3. The zero-order valence-electron chi connectivity index (χ0n) is 11.3. The van der Waals surface area contributed by atoms with Crippen molar-refractivity contribution in [1.82, 2.24) is 4.98 Å². The van der Waals surface area contributed by atoms with Crippen LogP contribution in [0.5, 0.6) is 0 Å². The summed E-state index contributed by atoms with van der Waals surface area (Å²) in [6.45, 7) is 0. The zero-order valence-corrected chi connectivity index (χ0v) is 12.1. The van der Waals surface area contributed by atoms with Crippen LogP contribution in [-0.2, 0) is 18.4 Å². The fourth-order valence-corrected chi connectivity index (χ4v) is 3.04. The topological polar surface area (TPSA) is 58.9 Å². The van der Waals surface area contributed by atoms with Crippen molar-refractivity contribution < 1.29 is 0 Å². The maximum atomic E-state index is 11.4. The second kappa shape index (κ2) is 5.81. The van der Waals surface area contributed by atoms with Crippen LogP contribution in [-0.4, -0.2) is 4.98 Å². The van der Waals surface area contributed by atoms with Gasteiger partial charge >= 0.3 is 0 Å². The molecule has 20 heavy (non-hydrogen) atoms. The number of halogens is 1. The van der Waals surface area contributed by atoms with E-state index in [1.807, 2.05) is 24.3 Å². The lowest BCUT2D eigenvalue weighted by Gasteiger charge is -2.35. The number of nitrogens with one attached hydrogen (secondary N) is 1. The van der Waals surface area contributed by atoms with Crippen LogP contribution in [0.2, 0.25) is 0 Å². The van der Waals surface area contributed by atoms with E-state index in [0.29, 0.717) is 0 Å². The SMILES string of the molecule is Cl.NC1(Cc2ccccc2)CCCc2[nH]c(=O)ccc21. The smallest absolute Gasteiger partial charge is 0.248 e. The van der Waals surface area contributed by atoms with Crippen LogP contribution in [0.3, 0.4) is 0 Å². The number of rotatable bonds is 2. The van der Waals surface area contributed by atoms with Gasteiger partial charge in [0.15, 0.2) is 0 Å². The van der Waals surface area contributed by atoms with Crippen molar-refractivity contribution in [2.24, 2.45) is 5.73 Å². The van der Waals surface area contributed by atoms with Crippen LogP contribution in [0, 0.1) is 0 Å². The number of aryl methyl sites for hydroxylation is 1. The third-order valence-electron chi connectivity index (χ3n) is 3.95. The van der Waals surface area contributed by atoms with Gasteiger partial charge in [0.2, 0.25) is 5.56 Å². The van der Waals surface area contributed by atoms with Crippen molar-refractivity contribution >= 4 is 12.4 Å². The highest BCUT2D eigenvalue weighted by molar-refractivity contribution is 5.85. The van der Waals surface area contributed by atoms with E-state index >= 15 is 0 Å². The number of hydrogen-bond donors (Lipinski definition) is 2. The average molecular weight is 291 g/mol. The van der Waals surface area contributed by atoms with Crippen molar-refractivity contribution in [3.8, 4) is 0 Å². The first-order valence-electron chi connectivity index (χ1n) is 6.73. The number of benzene rings is 1. The Hall–Kier alpha value is -1.58. The molecule has 3 N–H and O–H groups in total. The van der Waals surface area contributed by atoms with Crippen molar-refractivity contribution in [3.05, 3.63) is 69.6 Å². The fourth-order valence-electron chi connectivity index (χ4n) is 3.04. The minimum Gasteiger partial charge on any atom is -0.326 e. The predicted molar refractivity (Wildman–Crippen MR) is 83.3 cm³/mol. The molecule has 3 rings (SSSR count). The molecule has 0 aliphatic heterocycles. The summed E-state index contributed by atoms with van der Waals surface area (Å²) in [6.07, 6.45) is 3.71. The summed E-state index contributed by atoms with van der Waals surface area (Å²) >= 11 is 0. The van der Waals surface area contributed by atoms with Gasteiger partial charge < -0.3 is 10.7 Å². The molecule has 1 aromatic heterocycles. The molecule has 1 heterocycles. The molecule has 3 nitrogen and oxygen atoms in total. The Labute approximate surface area is 124 Å². The number of fused-ring (bicyclic) bond motifs is 1. The summed E-state index contributed by atoms with van der Waals surface area (Å²) in [5.41, 5.74) is 9.58. The molecule has 1 aliphatic rings. The maximum Gasteiger partial charge on any atom is 0.248 e. The Bertz CT molecular complexity index is 638. The average Bonchev–Trinajstić information content (AvgIpc) is 2.39. The molecule has 2 aromatic rings. The Morgan fingerprint density at radius 1 is 1.15 bits per heavy atom. The molecule has 4 heteroatoms. The molecule has 0 fully saturated rings. The molecule has 0 bridgehead atoms. The summed E-state index contributed by atoms with van der Waals surface area (Å²) in [5, 5.41) is 0. The molecule has 0 saturated heterocycles. The molecule has 1 unspecified atom stereocenters. The number of hydrogen-bond acceptors (Lipinski definition) is 2. The molecule has 0 radical (unpaired) electrons. The van der Waals surface area contributed by atoms with Gasteiger partial charge in [0.25, 0.3) is 0 Å². The quantitative estimate of drug-likeness (QED) is 0.893. The van der Waals surface area contributed by atoms with Gasteiger partial charge in [0.1, 0.15) is 0 Å². The number of pyridine rings is 1. The van der Waals surface area contributed by atoms with E-state index in [1.165, 1.54) is 5.56 Å². The third kappa shape index (κ3) is 2.79. The minimum absolute atomic E-state index is 0. The summed E-state index contributed by atoms with van der Waals surface area (Å²) < 4.78 is 0. The van der Waals surface area contributed by atoms with Crippen LogP contribution in [0.1, 0.15) is 29.7 Å². The van der Waals surface area contributed by atoms with Gasteiger partial charge in [-0.05, 0) is 42.9 Å². The normalized spacial score (nSPS) is 20.9. The fraction of sp³-hybridized carbons (Fsp3) is 0.312. The monoisotopic (exact) mass is 290 g/mol. The molecule has 106 valence electrons. The molecule has 1 aliphatic carbocycles. The molecule has 1 atom stereocenters. The van der Waals surface area contributed by atoms with Gasteiger partial charge in [0.05, 0.1) is 0 Å². The Balaban J connectivity index is 0.00000147. The first-order valence-corrected chi connectivity index (χ1v) is 6.73. The van der Waals surface area contributed by atoms with Crippen molar-refractivity contribution in [2.75, 3.05) is 0 Å². The number of aromatic amines is 1. The van der Waals surface area contributed by atoms with Crippen molar-refractivity contribution in [2.45, 2.75) is 31.2 Å². The van der Waals surface area contributed by atoms with Gasteiger partial charge in [-0.2, -0.15) is 0 Å². The second-order valence-corrected chi connectivity index (χ2v) is 5.39. The maximum absolute atomic E-state index is 11.4. The van der Waals surface area contributed by atoms with Crippen LogP contribution < -0.4 is 11.3 Å². The Morgan fingerprint density at radius 3 is 2.65 bits per heavy atom. The highest BCUT2D eigenvalue weighted by atomic mass is 35.5. The molecule has 1 aromatic carbocycles. The van der Waals surface area contributed by atoms with E-state index in [4.69, 9.17) is 5.73 Å². The van der Waals surface area contributed by atoms with Crippen molar-refractivity contribution in [3.63, 3.8) is 0 Å². The minimum atomic E-state index is -0.362. The van der Waals surface area contributed by atoms with E-state index in [9.17, 15) is 4.79 Å². The van der Waals surface area contributed by atoms with Crippen LogP contribution in [0.4, 0.5) is 0 Å². The highest BCUT2D eigenvalue weighted by Gasteiger charge is 2.33. The van der Waals surface area contributed by atoms with Gasteiger partial charge in [0, 0.05) is 17.3 Å². The molecular formula is C16H19ClN2O. The standard InChI is InChI=1S/C16H18N2O.ClH/c17-16(11-12-5-2-1-3-6-12)10-4-7-14-13(16)8-9-15(19)18-14;/h1-3,5-6,8-9H,4,7,10-11,17H2,(H,18,19);1H.